The van der Waals surface area contributed by atoms with Crippen LogP contribution in [-0.2, 0) is 12.8 Å². The van der Waals surface area contributed by atoms with E-state index >= 15 is 0 Å². The lowest BCUT2D eigenvalue weighted by Gasteiger charge is -2.24. The zero-order valence-corrected chi connectivity index (χ0v) is 10.7. The molecule has 0 saturated carbocycles. The maximum absolute atomic E-state index is 13.4. The minimum Gasteiger partial charge on any atom is -0.202 e. The van der Waals surface area contributed by atoms with E-state index in [-0.39, 0.29) is 6.42 Å². The van der Waals surface area contributed by atoms with Gasteiger partial charge in [0.15, 0.2) is 0 Å². The summed E-state index contributed by atoms with van der Waals surface area (Å²) >= 11 is 0. The first-order valence-electron chi connectivity index (χ1n) is 6.80. The largest absolute Gasteiger partial charge is 0.270 e. The third-order valence-electron chi connectivity index (χ3n) is 4.27. The van der Waals surface area contributed by atoms with Crippen molar-refractivity contribution in [3.63, 3.8) is 0 Å². The molecule has 0 radical (unpaired) electrons. The Morgan fingerprint density at radius 2 is 2.00 bits per heavy atom. The fraction of sp³-hybridized carbons (Fsp3) is 0.500. The molecule has 0 spiro atoms. The zero-order valence-electron chi connectivity index (χ0n) is 10.7. The molecule has 1 aromatic carbocycles. The molecule has 1 atom stereocenters. The summed E-state index contributed by atoms with van der Waals surface area (Å²) in [5.74, 6) is -1.94. The van der Waals surface area contributed by atoms with E-state index in [9.17, 15) is 8.78 Å². The smallest absolute Gasteiger partial charge is 0.202 e. The maximum Gasteiger partial charge on any atom is 0.270 e. The summed E-state index contributed by atoms with van der Waals surface area (Å²) in [5.41, 5.74) is 2.66. The average Bonchev–Trinajstić information content (AvgIpc) is 2.34. The second-order valence-electron chi connectivity index (χ2n) is 5.58. The van der Waals surface area contributed by atoms with E-state index in [1.165, 1.54) is 24.0 Å². The van der Waals surface area contributed by atoms with Crippen LogP contribution < -0.4 is 10.4 Å². The van der Waals surface area contributed by atoms with Gasteiger partial charge in [-0.1, -0.05) is 31.6 Å². The van der Waals surface area contributed by atoms with Crippen molar-refractivity contribution in [2.45, 2.75) is 45.0 Å². The Hall–Kier alpha value is -1.18. The Labute approximate surface area is 106 Å². The van der Waals surface area contributed by atoms with Gasteiger partial charge in [-0.2, -0.15) is 0 Å². The topological polar surface area (TPSA) is 0 Å². The third-order valence-corrected chi connectivity index (χ3v) is 4.27. The predicted molar refractivity (Wildman–Crippen MR) is 70.0 cm³/mol. The van der Waals surface area contributed by atoms with Crippen LogP contribution in [0.15, 0.2) is 12.1 Å². The van der Waals surface area contributed by atoms with Crippen molar-refractivity contribution in [1.82, 2.24) is 0 Å². The van der Waals surface area contributed by atoms with Crippen molar-refractivity contribution in [3.05, 3.63) is 33.7 Å². The molecule has 0 aromatic heterocycles. The van der Waals surface area contributed by atoms with Gasteiger partial charge in [0.25, 0.3) is 5.92 Å². The standard InChI is InChI=1S/C16H18F2/c1-2-11-3-4-12-8-13-5-6-16(17,18)10-15(13)9-14(12)7-11/h5,8-11H,2-4,6-7H2,1H3. The summed E-state index contributed by atoms with van der Waals surface area (Å²) < 4.78 is 26.7. The molecule has 0 nitrogen and oxygen atoms in total. The number of hydrogen-bond acceptors (Lipinski definition) is 0. The molecule has 18 heavy (non-hydrogen) atoms. The Morgan fingerprint density at radius 3 is 2.78 bits per heavy atom. The number of rotatable bonds is 1. The minimum absolute atomic E-state index is 0.156. The molecule has 3 rings (SSSR count). The number of halogens is 2. The van der Waals surface area contributed by atoms with Crippen LogP contribution in [-0.4, -0.2) is 5.92 Å². The number of aryl methyl sites for hydroxylation is 1. The van der Waals surface area contributed by atoms with E-state index in [2.05, 4.69) is 13.0 Å². The van der Waals surface area contributed by atoms with Crippen LogP contribution in [0, 0.1) is 5.92 Å². The SMILES string of the molecule is CCC1CCc2cc3c(cc2C1)=CC(F)(F)CC=3. The highest BCUT2D eigenvalue weighted by molar-refractivity contribution is 5.47. The molecule has 1 aromatic rings. The van der Waals surface area contributed by atoms with Gasteiger partial charge in [0, 0.05) is 6.42 Å². The fourth-order valence-electron chi connectivity index (χ4n) is 3.11. The highest BCUT2D eigenvalue weighted by Crippen LogP contribution is 2.27. The summed E-state index contributed by atoms with van der Waals surface area (Å²) in [6.45, 7) is 2.21. The van der Waals surface area contributed by atoms with Crippen molar-refractivity contribution < 1.29 is 8.78 Å². The van der Waals surface area contributed by atoms with Crippen molar-refractivity contribution in [3.8, 4) is 0 Å². The molecule has 0 amide bonds. The lowest BCUT2D eigenvalue weighted by molar-refractivity contribution is 0.0797. The Kier molecular flexibility index (Phi) is 2.76. The quantitative estimate of drug-likeness (QED) is 0.717. The van der Waals surface area contributed by atoms with Gasteiger partial charge < -0.3 is 0 Å². The number of fused-ring (bicyclic) bond motifs is 2. The van der Waals surface area contributed by atoms with E-state index in [0.717, 1.165) is 35.3 Å². The molecule has 0 fully saturated rings. The molecule has 96 valence electrons. The maximum atomic E-state index is 13.4. The van der Waals surface area contributed by atoms with E-state index in [0.29, 0.717) is 0 Å². The fourth-order valence-corrected chi connectivity index (χ4v) is 3.11. The van der Waals surface area contributed by atoms with Gasteiger partial charge in [-0.05, 0) is 52.8 Å². The molecule has 2 heteroatoms. The summed E-state index contributed by atoms with van der Waals surface area (Å²) in [4.78, 5) is 0. The van der Waals surface area contributed by atoms with Crippen LogP contribution in [0.1, 0.15) is 37.3 Å². The van der Waals surface area contributed by atoms with E-state index in [1.807, 2.05) is 6.07 Å². The molecular weight excluding hydrogens is 230 g/mol. The van der Waals surface area contributed by atoms with Gasteiger partial charge in [-0.3, -0.25) is 0 Å². The van der Waals surface area contributed by atoms with E-state index < -0.39 is 5.92 Å². The van der Waals surface area contributed by atoms with Gasteiger partial charge in [0.2, 0.25) is 0 Å². The third kappa shape index (κ3) is 2.09. The van der Waals surface area contributed by atoms with Crippen molar-refractivity contribution in [1.29, 1.82) is 0 Å². The van der Waals surface area contributed by atoms with Crippen LogP contribution in [0.5, 0.6) is 0 Å². The summed E-state index contributed by atoms with van der Waals surface area (Å²) in [6, 6.07) is 4.12. The molecule has 0 heterocycles. The predicted octanol–water partition coefficient (Wildman–Crippen LogP) is 2.80. The van der Waals surface area contributed by atoms with Crippen molar-refractivity contribution in [2.75, 3.05) is 0 Å². The van der Waals surface area contributed by atoms with Crippen molar-refractivity contribution >= 4 is 12.2 Å². The molecule has 0 bridgehead atoms. The summed E-state index contributed by atoms with van der Waals surface area (Å²) in [7, 11) is 0. The monoisotopic (exact) mass is 248 g/mol. The van der Waals surface area contributed by atoms with Gasteiger partial charge in [-0.15, -0.1) is 0 Å². The number of hydrogen-bond donors (Lipinski definition) is 0. The summed E-state index contributed by atoms with van der Waals surface area (Å²) in [5, 5.41) is 1.72. The van der Waals surface area contributed by atoms with Gasteiger partial charge >= 0.3 is 0 Å². The van der Waals surface area contributed by atoms with Crippen LogP contribution in [0.4, 0.5) is 8.78 Å². The Bertz CT molecular complexity index is 584. The molecule has 2 aliphatic carbocycles. The highest BCUT2D eigenvalue weighted by atomic mass is 19.3. The van der Waals surface area contributed by atoms with Crippen LogP contribution >= 0.6 is 0 Å². The first-order chi connectivity index (χ1) is 8.57. The van der Waals surface area contributed by atoms with Gasteiger partial charge in [0.1, 0.15) is 0 Å². The molecular formula is C16H18F2. The Balaban J connectivity index is 2.10. The highest BCUT2D eigenvalue weighted by Gasteiger charge is 2.26. The van der Waals surface area contributed by atoms with Gasteiger partial charge in [-0.25, -0.2) is 8.78 Å². The lowest BCUT2D eigenvalue weighted by atomic mass is 9.81. The molecule has 1 unspecified atom stereocenters. The van der Waals surface area contributed by atoms with E-state index in [4.69, 9.17) is 0 Å². The second-order valence-corrected chi connectivity index (χ2v) is 5.58. The molecule has 0 N–H and O–H groups in total. The van der Waals surface area contributed by atoms with E-state index in [1.54, 1.807) is 6.08 Å². The number of benzene rings is 1. The normalized spacial score (nSPS) is 24.5. The molecule has 2 aliphatic rings. The van der Waals surface area contributed by atoms with Crippen LogP contribution in [0.25, 0.3) is 12.2 Å². The van der Waals surface area contributed by atoms with Crippen molar-refractivity contribution in [2.24, 2.45) is 5.92 Å². The summed E-state index contributed by atoms with van der Waals surface area (Å²) in [6.07, 6.45) is 7.24. The second kappa shape index (κ2) is 4.18. The van der Waals surface area contributed by atoms with Crippen LogP contribution in [0.2, 0.25) is 0 Å². The lowest BCUT2D eigenvalue weighted by Crippen LogP contribution is -2.35. The first kappa shape index (κ1) is 11.9. The average molecular weight is 248 g/mol. The zero-order chi connectivity index (χ0) is 12.8. The first-order valence-corrected chi connectivity index (χ1v) is 6.80. The van der Waals surface area contributed by atoms with Crippen LogP contribution in [0.3, 0.4) is 0 Å². The molecule has 0 saturated heterocycles. The number of alkyl halides is 2. The Morgan fingerprint density at radius 1 is 1.22 bits per heavy atom. The van der Waals surface area contributed by atoms with Gasteiger partial charge in [0.05, 0.1) is 0 Å². The molecule has 0 aliphatic heterocycles. The minimum atomic E-state index is -2.67.